The highest BCUT2D eigenvalue weighted by Gasteiger charge is 2.23. The molecule has 0 saturated heterocycles. The van der Waals surface area contributed by atoms with E-state index in [9.17, 15) is 18.0 Å². The van der Waals surface area contributed by atoms with E-state index in [0.29, 0.717) is 0 Å². The number of hydrogen-bond acceptors (Lipinski definition) is 4. The second-order valence-corrected chi connectivity index (χ2v) is 7.25. The van der Waals surface area contributed by atoms with Gasteiger partial charge in [-0.25, -0.2) is 13.2 Å². The molecule has 1 amide bonds. The predicted octanol–water partition coefficient (Wildman–Crippen LogP) is 1.35. The molecule has 1 rings (SSSR count). The molecule has 0 bridgehead atoms. The number of aliphatic carboxylic acids is 1. The zero-order chi connectivity index (χ0) is 16.0. The van der Waals surface area contributed by atoms with E-state index in [4.69, 9.17) is 16.7 Å². The first-order chi connectivity index (χ1) is 9.76. The predicted molar refractivity (Wildman–Crippen MR) is 79.3 cm³/mol. The Bertz CT molecular complexity index is 629. The minimum atomic E-state index is -3.30. The fourth-order valence-electron chi connectivity index (χ4n) is 1.58. The van der Waals surface area contributed by atoms with Crippen LogP contribution in [-0.2, 0) is 14.6 Å². The number of carboxylic acid groups (broad SMARTS) is 1. The molecule has 0 heterocycles. The summed E-state index contributed by atoms with van der Waals surface area (Å²) in [6.45, 7) is 1.48. The largest absolute Gasteiger partial charge is 0.480 e. The van der Waals surface area contributed by atoms with E-state index in [1.807, 2.05) is 0 Å². The van der Waals surface area contributed by atoms with Crippen molar-refractivity contribution >= 4 is 33.3 Å². The smallest absolute Gasteiger partial charge is 0.326 e. The van der Waals surface area contributed by atoms with Crippen LogP contribution in [0.3, 0.4) is 0 Å². The molecule has 6 nitrogen and oxygen atoms in total. The molecule has 0 aliphatic heterocycles. The van der Waals surface area contributed by atoms with E-state index >= 15 is 0 Å². The summed E-state index contributed by atoms with van der Waals surface area (Å²) in [7, 11) is -3.30. The molecule has 0 radical (unpaired) electrons. The standard InChI is InChI=1S/C13H16ClNO5S/c1-2-21(19,20)8-7-11(13(17)18)15-12(16)9-5-3-4-6-10(9)14/h3-6,11H,2,7-8H2,1H3,(H,15,16)(H,17,18). The van der Waals surface area contributed by atoms with Gasteiger partial charge in [-0.3, -0.25) is 4.79 Å². The van der Waals surface area contributed by atoms with Gasteiger partial charge >= 0.3 is 5.97 Å². The fourth-order valence-corrected chi connectivity index (χ4v) is 2.69. The number of carboxylic acids is 1. The van der Waals surface area contributed by atoms with Crippen LogP contribution >= 0.6 is 11.6 Å². The highest BCUT2D eigenvalue weighted by Crippen LogP contribution is 2.15. The molecular formula is C13H16ClNO5S. The zero-order valence-electron chi connectivity index (χ0n) is 11.4. The molecule has 0 aromatic heterocycles. The Kier molecular flexibility index (Phi) is 6.17. The highest BCUT2D eigenvalue weighted by molar-refractivity contribution is 7.91. The van der Waals surface area contributed by atoms with Gasteiger partial charge in [-0.05, 0) is 18.6 Å². The van der Waals surface area contributed by atoms with Crippen molar-refractivity contribution < 1.29 is 23.1 Å². The topological polar surface area (TPSA) is 101 Å². The summed E-state index contributed by atoms with van der Waals surface area (Å²) in [5.41, 5.74) is 0.142. The van der Waals surface area contributed by atoms with Gasteiger partial charge in [0.2, 0.25) is 0 Å². The number of amides is 1. The van der Waals surface area contributed by atoms with Crippen molar-refractivity contribution in [3.05, 3.63) is 34.9 Å². The lowest BCUT2D eigenvalue weighted by atomic mass is 10.1. The van der Waals surface area contributed by atoms with Crippen LogP contribution in [0.2, 0.25) is 5.02 Å². The summed E-state index contributed by atoms with van der Waals surface area (Å²) in [5.74, 6) is -2.32. The monoisotopic (exact) mass is 333 g/mol. The Morgan fingerprint density at radius 1 is 1.33 bits per heavy atom. The molecule has 2 N–H and O–H groups in total. The summed E-state index contributed by atoms with van der Waals surface area (Å²) >= 11 is 5.85. The molecule has 21 heavy (non-hydrogen) atoms. The second-order valence-electron chi connectivity index (χ2n) is 4.37. The van der Waals surface area contributed by atoms with Crippen molar-refractivity contribution in [2.24, 2.45) is 0 Å². The number of carbonyl (C=O) groups is 2. The molecule has 0 aliphatic rings. The van der Waals surface area contributed by atoms with Crippen LogP contribution < -0.4 is 5.32 Å². The normalized spacial score (nSPS) is 12.7. The molecule has 1 atom stereocenters. The third kappa shape index (κ3) is 5.35. The quantitative estimate of drug-likeness (QED) is 0.784. The van der Waals surface area contributed by atoms with Crippen LogP contribution in [-0.4, -0.2) is 42.9 Å². The lowest BCUT2D eigenvalue weighted by molar-refractivity contribution is -0.139. The van der Waals surface area contributed by atoms with Crippen molar-refractivity contribution in [3.8, 4) is 0 Å². The summed E-state index contributed by atoms with van der Waals surface area (Å²) in [6.07, 6.45) is -0.193. The first-order valence-corrected chi connectivity index (χ1v) is 8.45. The Morgan fingerprint density at radius 2 is 1.95 bits per heavy atom. The molecule has 0 fully saturated rings. The lowest BCUT2D eigenvalue weighted by Crippen LogP contribution is -2.42. The van der Waals surface area contributed by atoms with Crippen LogP contribution in [0.5, 0.6) is 0 Å². The molecule has 8 heteroatoms. The summed E-state index contributed by atoms with van der Waals surface area (Å²) in [4.78, 5) is 23.1. The van der Waals surface area contributed by atoms with Gasteiger partial charge in [0, 0.05) is 5.75 Å². The van der Waals surface area contributed by atoms with Gasteiger partial charge < -0.3 is 10.4 Å². The van der Waals surface area contributed by atoms with Gasteiger partial charge in [-0.2, -0.15) is 0 Å². The maximum absolute atomic E-state index is 12.0. The molecule has 1 unspecified atom stereocenters. The fraction of sp³-hybridized carbons (Fsp3) is 0.385. The molecule has 0 aliphatic carbocycles. The number of halogens is 1. The van der Waals surface area contributed by atoms with E-state index in [1.165, 1.54) is 19.1 Å². The zero-order valence-corrected chi connectivity index (χ0v) is 12.9. The molecular weight excluding hydrogens is 318 g/mol. The number of sulfone groups is 1. The third-order valence-electron chi connectivity index (χ3n) is 2.88. The van der Waals surface area contributed by atoms with Crippen LogP contribution in [0.1, 0.15) is 23.7 Å². The van der Waals surface area contributed by atoms with Crippen molar-refractivity contribution in [3.63, 3.8) is 0 Å². The van der Waals surface area contributed by atoms with Gasteiger partial charge in [0.15, 0.2) is 0 Å². The van der Waals surface area contributed by atoms with Crippen molar-refractivity contribution in [2.75, 3.05) is 11.5 Å². The summed E-state index contributed by atoms with van der Waals surface area (Å²) in [5, 5.41) is 11.5. The maximum Gasteiger partial charge on any atom is 0.326 e. The van der Waals surface area contributed by atoms with Crippen molar-refractivity contribution in [1.82, 2.24) is 5.32 Å². The Labute approximate surface area is 128 Å². The number of carbonyl (C=O) groups excluding carboxylic acids is 1. The van der Waals surface area contributed by atoms with Gasteiger partial charge in [0.05, 0.1) is 16.3 Å². The number of benzene rings is 1. The Hall–Kier alpha value is -1.60. The first kappa shape index (κ1) is 17.5. The first-order valence-electron chi connectivity index (χ1n) is 6.25. The SMILES string of the molecule is CCS(=O)(=O)CCC(NC(=O)c1ccccc1Cl)C(=O)O. The highest BCUT2D eigenvalue weighted by atomic mass is 35.5. The van der Waals surface area contributed by atoms with Crippen molar-refractivity contribution in [2.45, 2.75) is 19.4 Å². The van der Waals surface area contributed by atoms with E-state index in [1.54, 1.807) is 12.1 Å². The van der Waals surface area contributed by atoms with Crippen LogP contribution in [0, 0.1) is 0 Å². The van der Waals surface area contributed by atoms with Crippen molar-refractivity contribution in [1.29, 1.82) is 0 Å². The average molecular weight is 334 g/mol. The molecule has 1 aromatic rings. The molecule has 0 spiro atoms. The van der Waals surface area contributed by atoms with E-state index in [-0.39, 0.29) is 28.5 Å². The molecule has 116 valence electrons. The summed E-state index contributed by atoms with van der Waals surface area (Å²) < 4.78 is 22.8. The van der Waals surface area contributed by atoms with Gasteiger partial charge in [0.1, 0.15) is 15.9 Å². The summed E-state index contributed by atoms with van der Waals surface area (Å²) in [6, 6.07) is 4.92. The maximum atomic E-state index is 12.0. The van der Waals surface area contributed by atoms with Gasteiger partial charge in [-0.1, -0.05) is 30.7 Å². The van der Waals surface area contributed by atoms with Crippen LogP contribution in [0.15, 0.2) is 24.3 Å². The van der Waals surface area contributed by atoms with E-state index in [0.717, 1.165) is 0 Å². The number of hydrogen-bond donors (Lipinski definition) is 2. The van der Waals surface area contributed by atoms with E-state index in [2.05, 4.69) is 5.32 Å². The van der Waals surface area contributed by atoms with Crippen LogP contribution in [0.25, 0.3) is 0 Å². The lowest BCUT2D eigenvalue weighted by Gasteiger charge is -2.15. The minimum absolute atomic E-state index is 0.0716. The Balaban J connectivity index is 2.78. The van der Waals surface area contributed by atoms with Crippen LogP contribution in [0.4, 0.5) is 0 Å². The molecule has 1 aromatic carbocycles. The number of rotatable bonds is 7. The molecule has 0 saturated carbocycles. The number of nitrogens with one attached hydrogen (secondary N) is 1. The third-order valence-corrected chi connectivity index (χ3v) is 4.95. The Morgan fingerprint density at radius 3 is 2.48 bits per heavy atom. The van der Waals surface area contributed by atoms with Gasteiger partial charge in [-0.15, -0.1) is 0 Å². The van der Waals surface area contributed by atoms with Gasteiger partial charge in [0.25, 0.3) is 5.91 Å². The van der Waals surface area contributed by atoms with E-state index < -0.39 is 27.8 Å². The second kappa shape index (κ2) is 7.42. The minimum Gasteiger partial charge on any atom is -0.480 e. The average Bonchev–Trinajstić information content (AvgIpc) is 2.43.